The summed E-state index contributed by atoms with van der Waals surface area (Å²) in [5, 5.41) is 7.10. The summed E-state index contributed by atoms with van der Waals surface area (Å²) in [6.45, 7) is 0.280. The highest BCUT2D eigenvalue weighted by atomic mass is 32.1. The fourth-order valence-electron chi connectivity index (χ4n) is 2.62. The molecule has 2 aliphatic heterocycles. The number of hydrogen-bond donors (Lipinski definition) is 2. The van der Waals surface area contributed by atoms with Gasteiger partial charge in [-0.05, 0) is 41.6 Å². The molecule has 0 saturated heterocycles. The van der Waals surface area contributed by atoms with E-state index in [1.54, 1.807) is 0 Å². The summed E-state index contributed by atoms with van der Waals surface area (Å²) in [6, 6.07) is 16.1. The molecule has 2 heterocycles. The third kappa shape index (κ3) is 2.40. The molecule has 0 bridgehead atoms. The SMILES string of the molecule is S=C1NC(c2ccccc2)=CC(c2ccc3c(c2)OCO3)N1. The zero-order chi connectivity index (χ0) is 14.9. The Labute approximate surface area is 133 Å². The molecular formula is C17H14N2O2S. The number of benzene rings is 2. The summed E-state index contributed by atoms with van der Waals surface area (Å²) >= 11 is 5.34. The molecule has 22 heavy (non-hydrogen) atoms. The van der Waals surface area contributed by atoms with E-state index in [-0.39, 0.29) is 12.8 Å². The molecule has 2 aliphatic rings. The highest BCUT2D eigenvalue weighted by Crippen LogP contribution is 2.35. The van der Waals surface area contributed by atoms with Crippen molar-refractivity contribution in [1.82, 2.24) is 10.6 Å². The van der Waals surface area contributed by atoms with Gasteiger partial charge in [-0.2, -0.15) is 0 Å². The van der Waals surface area contributed by atoms with E-state index in [0.29, 0.717) is 5.11 Å². The summed E-state index contributed by atoms with van der Waals surface area (Å²) < 4.78 is 10.8. The van der Waals surface area contributed by atoms with Gasteiger partial charge in [-0.1, -0.05) is 36.4 Å². The van der Waals surface area contributed by atoms with Gasteiger partial charge in [0.1, 0.15) is 0 Å². The number of hydrogen-bond acceptors (Lipinski definition) is 3. The van der Waals surface area contributed by atoms with Gasteiger partial charge >= 0.3 is 0 Å². The number of nitrogens with one attached hydrogen (secondary N) is 2. The zero-order valence-corrected chi connectivity index (χ0v) is 12.5. The Bertz CT molecular complexity index is 759. The Morgan fingerprint density at radius 1 is 1.00 bits per heavy atom. The maximum absolute atomic E-state index is 5.45. The monoisotopic (exact) mass is 310 g/mol. The van der Waals surface area contributed by atoms with E-state index in [9.17, 15) is 0 Å². The van der Waals surface area contributed by atoms with Crippen LogP contribution in [0.15, 0.2) is 54.6 Å². The van der Waals surface area contributed by atoms with Crippen molar-refractivity contribution in [2.45, 2.75) is 6.04 Å². The van der Waals surface area contributed by atoms with Gasteiger partial charge in [-0.25, -0.2) is 0 Å². The average molecular weight is 310 g/mol. The van der Waals surface area contributed by atoms with Crippen molar-refractivity contribution in [3.05, 3.63) is 65.7 Å². The van der Waals surface area contributed by atoms with Gasteiger partial charge in [0, 0.05) is 5.70 Å². The van der Waals surface area contributed by atoms with E-state index >= 15 is 0 Å². The number of fused-ring (bicyclic) bond motifs is 1. The Balaban J connectivity index is 1.70. The zero-order valence-electron chi connectivity index (χ0n) is 11.7. The molecule has 2 N–H and O–H groups in total. The van der Waals surface area contributed by atoms with Gasteiger partial charge in [0.25, 0.3) is 0 Å². The van der Waals surface area contributed by atoms with Gasteiger partial charge in [-0.15, -0.1) is 0 Å². The summed E-state index contributed by atoms with van der Waals surface area (Å²) in [5.41, 5.74) is 3.20. The summed E-state index contributed by atoms with van der Waals surface area (Å²) in [5.74, 6) is 1.56. The van der Waals surface area contributed by atoms with Crippen LogP contribution < -0.4 is 20.1 Å². The van der Waals surface area contributed by atoms with Crippen LogP contribution in [0.5, 0.6) is 11.5 Å². The Hall–Kier alpha value is -2.53. The second kappa shape index (κ2) is 5.35. The quantitative estimate of drug-likeness (QED) is 0.835. The lowest BCUT2D eigenvalue weighted by atomic mass is 10.0. The van der Waals surface area contributed by atoms with Crippen molar-refractivity contribution in [1.29, 1.82) is 0 Å². The molecule has 0 saturated carbocycles. The average Bonchev–Trinajstić information content (AvgIpc) is 3.02. The van der Waals surface area contributed by atoms with Crippen LogP contribution >= 0.6 is 12.2 Å². The fraction of sp³-hybridized carbons (Fsp3) is 0.118. The van der Waals surface area contributed by atoms with E-state index in [0.717, 1.165) is 28.3 Å². The molecule has 0 aromatic heterocycles. The molecule has 4 nitrogen and oxygen atoms in total. The lowest BCUT2D eigenvalue weighted by Crippen LogP contribution is -2.40. The molecule has 2 aromatic carbocycles. The minimum absolute atomic E-state index is 0.00143. The first-order valence-corrected chi connectivity index (χ1v) is 7.45. The van der Waals surface area contributed by atoms with Gasteiger partial charge < -0.3 is 20.1 Å². The fourth-order valence-corrected chi connectivity index (χ4v) is 2.86. The van der Waals surface area contributed by atoms with E-state index in [1.165, 1.54) is 0 Å². The van der Waals surface area contributed by atoms with Gasteiger partial charge in [0.2, 0.25) is 6.79 Å². The Morgan fingerprint density at radius 3 is 2.68 bits per heavy atom. The van der Waals surface area contributed by atoms with Gasteiger partial charge in [0.05, 0.1) is 6.04 Å². The number of rotatable bonds is 2. The summed E-state index contributed by atoms with van der Waals surface area (Å²) in [7, 11) is 0. The molecule has 5 heteroatoms. The maximum atomic E-state index is 5.45. The van der Waals surface area contributed by atoms with Crippen LogP contribution in [0.3, 0.4) is 0 Å². The van der Waals surface area contributed by atoms with Crippen molar-refractivity contribution in [3.63, 3.8) is 0 Å². The van der Waals surface area contributed by atoms with Crippen molar-refractivity contribution in [2.24, 2.45) is 0 Å². The van der Waals surface area contributed by atoms with Crippen LogP contribution in [0, 0.1) is 0 Å². The predicted molar refractivity (Wildman–Crippen MR) is 88.6 cm³/mol. The third-order valence-electron chi connectivity index (χ3n) is 3.71. The van der Waals surface area contributed by atoms with Gasteiger partial charge in [0.15, 0.2) is 16.6 Å². The van der Waals surface area contributed by atoms with E-state index in [1.807, 2.05) is 36.4 Å². The standard InChI is InChI=1S/C17H14N2O2S/c22-17-18-13(11-4-2-1-3-5-11)9-14(19-17)12-6-7-15-16(8-12)21-10-20-15/h1-9,14H,10H2,(H2,18,19,22). The van der Waals surface area contributed by atoms with Crippen LogP contribution in [-0.2, 0) is 0 Å². The molecule has 0 fully saturated rings. The smallest absolute Gasteiger partial charge is 0.231 e. The molecule has 4 rings (SSSR count). The largest absolute Gasteiger partial charge is 0.454 e. The Morgan fingerprint density at radius 2 is 1.82 bits per heavy atom. The second-order valence-corrected chi connectivity index (χ2v) is 5.54. The van der Waals surface area contributed by atoms with Gasteiger partial charge in [-0.3, -0.25) is 0 Å². The summed E-state index contributed by atoms with van der Waals surface area (Å²) in [4.78, 5) is 0. The first kappa shape index (κ1) is 13.2. The molecular weight excluding hydrogens is 296 g/mol. The first-order valence-electron chi connectivity index (χ1n) is 7.04. The molecule has 1 atom stereocenters. The molecule has 1 unspecified atom stereocenters. The lowest BCUT2D eigenvalue weighted by molar-refractivity contribution is 0.174. The minimum Gasteiger partial charge on any atom is -0.454 e. The van der Waals surface area contributed by atoms with Crippen molar-refractivity contribution in [2.75, 3.05) is 6.79 Å². The Kier molecular flexibility index (Phi) is 3.20. The summed E-state index contributed by atoms with van der Waals surface area (Å²) in [6.07, 6.45) is 2.13. The maximum Gasteiger partial charge on any atom is 0.231 e. The van der Waals surface area contributed by atoms with Crippen LogP contribution in [0.2, 0.25) is 0 Å². The van der Waals surface area contributed by atoms with E-state index in [2.05, 4.69) is 28.8 Å². The lowest BCUT2D eigenvalue weighted by Gasteiger charge is -2.26. The molecule has 2 aromatic rings. The molecule has 110 valence electrons. The number of thiocarbonyl (C=S) groups is 1. The highest BCUT2D eigenvalue weighted by Gasteiger charge is 2.21. The topological polar surface area (TPSA) is 42.5 Å². The molecule has 0 spiro atoms. The van der Waals surface area contributed by atoms with Crippen molar-refractivity contribution < 1.29 is 9.47 Å². The highest BCUT2D eigenvalue weighted by molar-refractivity contribution is 7.80. The molecule has 0 amide bonds. The van der Waals surface area contributed by atoms with Crippen LogP contribution in [0.4, 0.5) is 0 Å². The first-order chi connectivity index (χ1) is 10.8. The molecule has 0 aliphatic carbocycles. The van der Waals surface area contributed by atoms with Crippen molar-refractivity contribution in [3.8, 4) is 11.5 Å². The molecule has 0 radical (unpaired) electrons. The second-order valence-electron chi connectivity index (χ2n) is 5.14. The predicted octanol–water partition coefficient (Wildman–Crippen LogP) is 2.98. The van der Waals surface area contributed by atoms with Crippen molar-refractivity contribution >= 4 is 23.0 Å². The third-order valence-corrected chi connectivity index (χ3v) is 3.93. The number of ether oxygens (including phenoxy) is 2. The van der Waals surface area contributed by atoms with E-state index < -0.39 is 0 Å². The normalized spacial score (nSPS) is 19.2. The van der Waals surface area contributed by atoms with E-state index in [4.69, 9.17) is 21.7 Å². The van der Waals surface area contributed by atoms with Crippen LogP contribution in [-0.4, -0.2) is 11.9 Å². The minimum atomic E-state index is -0.00143. The van der Waals surface area contributed by atoms with Crippen LogP contribution in [0.1, 0.15) is 17.2 Å². The van der Waals surface area contributed by atoms with Crippen LogP contribution in [0.25, 0.3) is 5.70 Å².